The maximum Gasteiger partial charge on any atom is 0.0714 e. The third kappa shape index (κ3) is 5.17. The van der Waals surface area contributed by atoms with Crippen LogP contribution >= 0.6 is 0 Å². The zero-order chi connectivity index (χ0) is 42.6. The van der Waals surface area contributed by atoms with Gasteiger partial charge in [0.05, 0.1) is 16.4 Å². The van der Waals surface area contributed by atoms with Crippen molar-refractivity contribution in [2.24, 2.45) is 0 Å². The Morgan fingerprint density at radius 2 is 0.769 bits per heavy atom. The molecule has 1 heterocycles. The van der Waals surface area contributed by atoms with Crippen molar-refractivity contribution in [1.29, 1.82) is 0 Å². The maximum absolute atomic E-state index is 2.46. The first-order valence-corrected chi connectivity index (χ1v) is 22.6. The molecule has 0 unspecified atom stereocenters. The predicted molar refractivity (Wildman–Crippen MR) is 272 cm³/mol. The highest BCUT2D eigenvalue weighted by atomic mass is 15.1. The molecule has 2 aliphatic rings. The molecule has 0 N–H and O–H groups in total. The zero-order valence-corrected chi connectivity index (χ0v) is 35.5. The molecule has 2 heteroatoms. The van der Waals surface area contributed by atoms with Crippen LogP contribution in [-0.2, 0) is 5.41 Å². The van der Waals surface area contributed by atoms with Gasteiger partial charge in [-0.05, 0) is 162 Å². The average Bonchev–Trinajstić information content (AvgIpc) is 3.87. The van der Waals surface area contributed by atoms with Gasteiger partial charge in [-0.1, -0.05) is 158 Å². The van der Waals surface area contributed by atoms with Gasteiger partial charge in [0.15, 0.2) is 0 Å². The number of fused-ring (bicyclic) bond motifs is 12. The van der Waals surface area contributed by atoms with Crippen molar-refractivity contribution >= 4 is 60.4 Å². The molecule has 0 bridgehead atoms. The Kier molecular flexibility index (Phi) is 7.64. The van der Waals surface area contributed by atoms with Gasteiger partial charge in [0.25, 0.3) is 0 Å². The molecule has 0 aliphatic heterocycles. The third-order valence-corrected chi connectivity index (χ3v) is 14.3. The molecule has 0 amide bonds. The molecule has 0 spiro atoms. The van der Waals surface area contributed by atoms with Crippen LogP contribution in [0.5, 0.6) is 0 Å². The van der Waals surface area contributed by atoms with E-state index in [-0.39, 0.29) is 0 Å². The third-order valence-electron chi connectivity index (χ3n) is 14.3. The Labute approximate surface area is 377 Å². The summed E-state index contributed by atoms with van der Waals surface area (Å²) in [6.45, 7) is 0. The van der Waals surface area contributed by atoms with Gasteiger partial charge in [0.1, 0.15) is 0 Å². The molecular formula is C63H40N2. The summed E-state index contributed by atoms with van der Waals surface area (Å²) < 4.78 is 2.41. The number of benzene rings is 11. The topological polar surface area (TPSA) is 8.17 Å². The fourth-order valence-corrected chi connectivity index (χ4v) is 11.5. The number of aromatic nitrogens is 1. The van der Waals surface area contributed by atoms with Gasteiger partial charge in [-0.3, -0.25) is 0 Å². The fourth-order valence-electron chi connectivity index (χ4n) is 11.5. The Morgan fingerprint density at radius 1 is 0.292 bits per heavy atom. The first-order valence-electron chi connectivity index (χ1n) is 22.6. The number of nitrogens with zero attached hydrogens (tertiary/aromatic N) is 2. The summed E-state index contributed by atoms with van der Waals surface area (Å²) >= 11 is 0. The normalized spacial score (nSPS) is 13.0. The number of hydrogen-bond donors (Lipinski definition) is 0. The monoisotopic (exact) mass is 824 g/mol. The first-order chi connectivity index (χ1) is 32.2. The summed E-state index contributed by atoms with van der Waals surface area (Å²) in [5.41, 5.74) is 19.5. The van der Waals surface area contributed by atoms with Crippen LogP contribution < -0.4 is 4.90 Å². The Bertz CT molecular complexity index is 3790. The zero-order valence-electron chi connectivity index (χ0n) is 35.5. The predicted octanol–water partition coefficient (Wildman–Crippen LogP) is 16.6. The highest BCUT2D eigenvalue weighted by molar-refractivity contribution is 6.13. The minimum atomic E-state index is -0.483. The summed E-state index contributed by atoms with van der Waals surface area (Å²) in [6, 6.07) is 90.0. The second-order valence-electron chi connectivity index (χ2n) is 17.7. The van der Waals surface area contributed by atoms with Crippen molar-refractivity contribution in [3.63, 3.8) is 0 Å². The van der Waals surface area contributed by atoms with E-state index in [1.54, 1.807) is 0 Å². The molecule has 0 fully saturated rings. The van der Waals surface area contributed by atoms with E-state index >= 15 is 0 Å². The van der Waals surface area contributed by atoms with E-state index < -0.39 is 5.41 Å². The van der Waals surface area contributed by atoms with Crippen LogP contribution in [0.15, 0.2) is 243 Å². The van der Waals surface area contributed by atoms with Crippen LogP contribution in [0.1, 0.15) is 22.3 Å². The lowest BCUT2D eigenvalue weighted by Crippen LogP contribution is -2.28. The van der Waals surface area contributed by atoms with Crippen LogP contribution in [0.25, 0.3) is 82.4 Å². The van der Waals surface area contributed by atoms with Crippen LogP contribution in [-0.4, -0.2) is 4.57 Å². The van der Waals surface area contributed by atoms with Gasteiger partial charge < -0.3 is 9.47 Å². The van der Waals surface area contributed by atoms with E-state index in [1.165, 1.54) is 105 Å². The second kappa shape index (κ2) is 13.8. The summed E-state index contributed by atoms with van der Waals surface area (Å²) in [7, 11) is 0. The molecule has 12 aromatic rings. The molecule has 1 aromatic heterocycles. The van der Waals surface area contributed by atoms with Gasteiger partial charge in [0, 0.05) is 33.5 Å². The van der Waals surface area contributed by atoms with Gasteiger partial charge in [-0.2, -0.15) is 0 Å². The average molecular weight is 825 g/mol. The summed E-state index contributed by atoms with van der Waals surface area (Å²) in [6.07, 6.45) is 0. The lowest BCUT2D eigenvalue weighted by molar-refractivity contribution is 0.768. The molecule has 0 saturated heterocycles. The van der Waals surface area contributed by atoms with E-state index in [4.69, 9.17) is 0 Å². The van der Waals surface area contributed by atoms with Gasteiger partial charge in [-0.25, -0.2) is 0 Å². The summed E-state index contributed by atoms with van der Waals surface area (Å²) in [4.78, 5) is 2.43. The van der Waals surface area contributed by atoms with E-state index in [0.717, 1.165) is 17.1 Å². The molecule has 0 radical (unpaired) electrons. The summed E-state index contributed by atoms with van der Waals surface area (Å²) in [5, 5.41) is 7.53. The quantitative estimate of drug-likeness (QED) is 0.162. The standard InChI is InChI=1S/C63H40N2/c1-4-16-45(17-5-1)63(46-18-6-2-7-19-46)59-25-13-10-22-51(59)52-33-32-50(40-60(52)63)64(47-20-8-3-9-21-47)48-30-28-41-36-55-57(38-43(41)34-48)56-37-42-29-31-49(35-44(42)39-58(55)56)65-61-26-14-11-23-53(61)54-24-12-15-27-62(54)65/h1-40H. The number of para-hydroxylation sites is 3. The molecule has 0 saturated carbocycles. The van der Waals surface area contributed by atoms with Crippen molar-refractivity contribution in [2.75, 3.05) is 4.90 Å². The molecular weight excluding hydrogens is 785 g/mol. The van der Waals surface area contributed by atoms with Gasteiger partial charge >= 0.3 is 0 Å². The van der Waals surface area contributed by atoms with Crippen molar-refractivity contribution in [2.45, 2.75) is 5.41 Å². The second-order valence-corrected chi connectivity index (χ2v) is 17.7. The molecule has 2 aliphatic carbocycles. The van der Waals surface area contributed by atoms with Crippen LogP contribution in [0, 0.1) is 0 Å². The highest BCUT2D eigenvalue weighted by Gasteiger charge is 2.46. The van der Waals surface area contributed by atoms with Crippen molar-refractivity contribution in [3.05, 3.63) is 265 Å². The van der Waals surface area contributed by atoms with Crippen molar-refractivity contribution in [1.82, 2.24) is 4.57 Å². The Hall–Kier alpha value is -8.46. The molecule has 2 nitrogen and oxygen atoms in total. The Balaban J connectivity index is 0.890. The van der Waals surface area contributed by atoms with E-state index in [0.29, 0.717) is 0 Å². The molecule has 302 valence electrons. The molecule has 14 rings (SSSR count). The van der Waals surface area contributed by atoms with Gasteiger partial charge in [0.2, 0.25) is 0 Å². The minimum absolute atomic E-state index is 0.483. The highest BCUT2D eigenvalue weighted by Crippen LogP contribution is 2.57. The van der Waals surface area contributed by atoms with Crippen LogP contribution in [0.3, 0.4) is 0 Å². The number of hydrogen-bond acceptors (Lipinski definition) is 1. The SMILES string of the molecule is c1ccc(N(c2ccc3c(c2)C(c2ccccc2)(c2ccccc2)c2ccccc2-3)c2ccc3cc4c(cc3c2)-c2cc3ccc(-n5c6ccccc6c6ccccc65)cc3cc2-4)cc1. The lowest BCUT2D eigenvalue weighted by Gasteiger charge is -2.35. The minimum Gasteiger partial charge on any atom is -0.310 e. The Morgan fingerprint density at radius 3 is 1.42 bits per heavy atom. The van der Waals surface area contributed by atoms with E-state index in [2.05, 4.69) is 252 Å². The molecule has 11 aromatic carbocycles. The van der Waals surface area contributed by atoms with Crippen LogP contribution in [0.4, 0.5) is 17.1 Å². The fraction of sp³-hybridized carbons (Fsp3) is 0.0159. The van der Waals surface area contributed by atoms with E-state index in [1.807, 2.05) is 0 Å². The maximum atomic E-state index is 2.46. The van der Waals surface area contributed by atoms with Crippen molar-refractivity contribution in [3.8, 4) is 39.1 Å². The molecule has 65 heavy (non-hydrogen) atoms. The lowest BCUT2D eigenvalue weighted by atomic mass is 9.67. The first kappa shape index (κ1) is 36.1. The van der Waals surface area contributed by atoms with Crippen molar-refractivity contribution < 1.29 is 0 Å². The summed E-state index contributed by atoms with van der Waals surface area (Å²) in [5.74, 6) is 0. The molecule has 0 atom stereocenters. The van der Waals surface area contributed by atoms with Crippen LogP contribution in [0.2, 0.25) is 0 Å². The van der Waals surface area contributed by atoms with E-state index in [9.17, 15) is 0 Å². The smallest absolute Gasteiger partial charge is 0.0714 e. The number of rotatable bonds is 6. The number of anilines is 3. The largest absolute Gasteiger partial charge is 0.310 e. The van der Waals surface area contributed by atoms with Gasteiger partial charge in [-0.15, -0.1) is 0 Å².